The van der Waals surface area contributed by atoms with Crippen LogP contribution >= 0.6 is 0 Å². The molecule has 17 heavy (non-hydrogen) atoms. The molecular formula is C13H30N4. The van der Waals surface area contributed by atoms with Gasteiger partial charge in [-0.25, -0.2) is 0 Å². The molecule has 4 nitrogen and oxygen atoms in total. The fourth-order valence-corrected chi connectivity index (χ4v) is 1.13. The molecule has 0 aliphatic rings. The van der Waals surface area contributed by atoms with E-state index in [0.717, 1.165) is 12.1 Å². The molecule has 0 heterocycles. The van der Waals surface area contributed by atoms with Gasteiger partial charge < -0.3 is 22.9 Å². The molecule has 0 saturated heterocycles. The molecule has 0 radical (unpaired) electrons. The summed E-state index contributed by atoms with van der Waals surface area (Å²) in [5, 5.41) is 0. The van der Waals surface area contributed by atoms with E-state index in [1.54, 1.807) is 0 Å². The second-order valence-corrected chi connectivity index (χ2v) is 2.80. The zero-order valence-electron chi connectivity index (χ0n) is 11.7. The SMILES string of the molecule is CCCCc1ccccc1N.CN.CN.CN. The van der Waals surface area contributed by atoms with E-state index in [9.17, 15) is 0 Å². The lowest BCUT2D eigenvalue weighted by molar-refractivity contribution is 0.796. The highest BCUT2D eigenvalue weighted by Gasteiger charge is 1.94. The minimum absolute atomic E-state index is 0.931. The molecule has 1 rings (SSSR count). The monoisotopic (exact) mass is 242 g/mol. The van der Waals surface area contributed by atoms with Gasteiger partial charge >= 0.3 is 0 Å². The van der Waals surface area contributed by atoms with Crippen LogP contribution in [0.1, 0.15) is 25.3 Å². The third-order valence-corrected chi connectivity index (χ3v) is 1.85. The molecule has 0 aliphatic carbocycles. The van der Waals surface area contributed by atoms with Crippen molar-refractivity contribution in [2.45, 2.75) is 26.2 Å². The van der Waals surface area contributed by atoms with Crippen LogP contribution in [0, 0.1) is 0 Å². The van der Waals surface area contributed by atoms with Gasteiger partial charge in [0.1, 0.15) is 0 Å². The lowest BCUT2D eigenvalue weighted by atomic mass is 10.1. The third kappa shape index (κ3) is 12.8. The Morgan fingerprint density at radius 1 is 0.882 bits per heavy atom. The summed E-state index contributed by atoms with van der Waals surface area (Å²) >= 11 is 0. The van der Waals surface area contributed by atoms with Crippen LogP contribution < -0.4 is 22.9 Å². The van der Waals surface area contributed by atoms with Gasteiger partial charge in [0.2, 0.25) is 0 Å². The molecule has 0 spiro atoms. The first-order chi connectivity index (χ1) is 8.34. The van der Waals surface area contributed by atoms with Gasteiger partial charge in [0, 0.05) is 5.69 Å². The molecule has 1 aromatic rings. The molecule has 8 N–H and O–H groups in total. The molecular weight excluding hydrogens is 212 g/mol. The number of aryl methyl sites for hydroxylation is 1. The summed E-state index contributed by atoms with van der Waals surface area (Å²) in [6, 6.07) is 8.09. The first kappa shape index (κ1) is 21.2. The van der Waals surface area contributed by atoms with E-state index >= 15 is 0 Å². The molecule has 0 aliphatic heterocycles. The quantitative estimate of drug-likeness (QED) is 0.600. The third-order valence-electron chi connectivity index (χ3n) is 1.85. The van der Waals surface area contributed by atoms with E-state index in [-0.39, 0.29) is 0 Å². The maximum atomic E-state index is 5.76. The van der Waals surface area contributed by atoms with Crippen molar-refractivity contribution in [2.24, 2.45) is 17.2 Å². The zero-order valence-corrected chi connectivity index (χ0v) is 11.7. The summed E-state index contributed by atoms with van der Waals surface area (Å²) in [4.78, 5) is 0. The second-order valence-electron chi connectivity index (χ2n) is 2.80. The minimum atomic E-state index is 0.931. The highest BCUT2D eigenvalue weighted by molar-refractivity contribution is 5.46. The number of rotatable bonds is 3. The Balaban J connectivity index is -0.000000285. The molecule has 1 aromatic carbocycles. The molecule has 0 fully saturated rings. The van der Waals surface area contributed by atoms with Crippen LogP contribution in [-0.2, 0) is 6.42 Å². The Labute approximate surface area is 106 Å². The zero-order chi connectivity index (χ0) is 14.1. The van der Waals surface area contributed by atoms with Gasteiger partial charge in [-0.2, -0.15) is 0 Å². The van der Waals surface area contributed by atoms with Crippen molar-refractivity contribution in [3.8, 4) is 0 Å². The maximum Gasteiger partial charge on any atom is 0.0346 e. The van der Waals surface area contributed by atoms with Crippen LogP contribution in [0.4, 0.5) is 5.69 Å². The number of para-hydroxylation sites is 1. The Kier molecular flexibility index (Phi) is 25.4. The predicted octanol–water partition coefficient (Wildman–Crippen LogP) is 1.34. The van der Waals surface area contributed by atoms with Crippen LogP contribution in [-0.4, -0.2) is 21.1 Å². The van der Waals surface area contributed by atoms with Gasteiger partial charge in [0.25, 0.3) is 0 Å². The van der Waals surface area contributed by atoms with Crippen molar-refractivity contribution in [3.05, 3.63) is 29.8 Å². The fraction of sp³-hybridized carbons (Fsp3) is 0.538. The van der Waals surface area contributed by atoms with Crippen molar-refractivity contribution in [1.82, 2.24) is 0 Å². The first-order valence-corrected chi connectivity index (χ1v) is 5.91. The largest absolute Gasteiger partial charge is 0.399 e. The summed E-state index contributed by atoms with van der Waals surface area (Å²) < 4.78 is 0. The Hall–Kier alpha value is -1.10. The van der Waals surface area contributed by atoms with Gasteiger partial charge in [-0.05, 0) is 45.6 Å². The molecule has 102 valence electrons. The number of hydrogen-bond donors (Lipinski definition) is 4. The smallest absolute Gasteiger partial charge is 0.0346 e. The fourth-order valence-electron chi connectivity index (χ4n) is 1.13. The number of anilines is 1. The van der Waals surface area contributed by atoms with Crippen LogP contribution in [0.3, 0.4) is 0 Å². The average Bonchev–Trinajstić information content (AvgIpc) is 2.45. The Morgan fingerprint density at radius 3 is 1.76 bits per heavy atom. The second kappa shape index (κ2) is 20.3. The van der Waals surface area contributed by atoms with Crippen molar-refractivity contribution in [1.29, 1.82) is 0 Å². The lowest BCUT2D eigenvalue weighted by Gasteiger charge is -2.02. The number of benzene rings is 1. The molecule has 0 aromatic heterocycles. The molecule has 0 unspecified atom stereocenters. The molecule has 0 atom stereocenters. The number of unbranched alkanes of at least 4 members (excludes halogenated alkanes) is 1. The summed E-state index contributed by atoms with van der Waals surface area (Å²) in [6.07, 6.45) is 3.58. The van der Waals surface area contributed by atoms with E-state index in [1.165, 1.54) is 39.5 Å². The molecule has 4 heteroatoms. The number of hydrogen-bond acceptors (Lipinski definition) is 4. The molecule has 0 bridgehead atoms. The van der Waals surface area contributed by atoms with Gasteiger partial charge in [-0.1, -0.05) is 31.5 Å². The van der Waals surface area contributed by atoms with Crippen molar-refractivity contribution in [3.63, 3.8) is 0 Å². The Morgan fingerprint density at radius 2 is 1.35 bits per heavy atom. The Bertz CT molecular complexity index is 226. The average molecular weight is 242 g/mol. The summed E-state index contributed by atoms with van der Waals surface area (Å²) in [5.41, 5.74) is 21.5. The summed E-state index contributed by atoms with van der Waals surface area (Å²) in [7, 11) is 4.50. The van der Waals surface area contributed by atoms with E-state index in [1.807, 2.05) is 18.2 Å². The maximum absolute atomic E-state index is 5.76. The lowest BCUT2D eigenvalue weighted by Crippen LogP contribution is -1.92. The van der Waals surface area contributed by atoms with E-state index in [2.05, 4.69) is 30.2 Å². The van der Waals surface area contributed by atoms with E-state index in [0.29, 0.717) is 0 Å². The topological polar surface area (TPSA) is 104 Å². The van der Waals surface area contributed by atoms with Crippen molar-refractivity contribution in [2.75, 3.05) is 26.9 Å². The standard InChI is InChI=1S/C10H15N.3CH5N/c1-2-3-6-9-7-4-5-8-10(9)11;3*1-2/h4-5,7-8H,2-3,6,11H2,1H3;3*2H2,1H3. The first-order valence-electron chi connectivity index (χ1n) is 5.91. The van der Waals surface area contributed by atoms with Crippen LogP contribution in [0.2, 0.25) is 0 Å². The molecule has 0 amide bonds. The number of nitrogen functional groups attached to an aromatic ring is 1. The number of nitrogens with two attached hydrogens (primary N) is 4. The van der Waals surface area contributed by atoms with Gasteiger partial charge in [-0.15, -0.1) is 0 Å². The minimum Gasteiger partial charge on any atom is -0.399 e. The van der Waals surface area contributed by atoms with E-state index < -0.39 is 0 Å². The predicted molar refractivity (Wildman–Crippen MR) is 79.8 cm³/mol. The normalized spacial score (nSPS) is 7.47. The van der Waals surface area contributed by atoms with Crippen molar-refractivity contribution < 1.29 is 0 Å². The summed E-state index contributed by atoms with van der Waals surface area (Å²) in [5.74, 6) is 0. The van der Waals surface area contributed by atoms with Crippen molar-refractivity contribution >= 4 is 5.69 Å². The van der Waals surface area contributed by atoms with Gasteiger partial charge in [0.05, 0.1) is 0 Å². The van der Waals surface area contributed by atoms with Gasteiger partial charge in [0.15, 0.2) is 0 Å². The highest BCUT2D eigenvalue weighted by Crippen LogP contribution is 2.12. The van der Waals surface area contributed by atoms with Gasteiger partial charge in [-0.3, -0.25) is 0 Å². The van der Waals surface area contributed by atoms with E-state index in [4.69, 9.17) is 5.73 Å². The van der Waals surface area contributed by atoms with Crippen LogP contribution in [0.15, 0.2) is 24.3 Å². The highest BCUT2D eigenvalue weighted by atomic mass is 14.6. The van der Waals surface area contributed by atoms with Crippen LogP contribution in [0.5, 0.6) is 0 Å². The summed E-state index contributed by atoms with van der Waals surface area (Å²) in [6.45, 7) is 2.19. The van der Waals surface area contributed by atoms with Crippen LogP contribution in [0.25, 0.3) is 0 Å². The molecule has 0 saturated carbocycles.